The second-order valence-electron chi connectivity index (χ2n) is 3.66. The van der Waals surface area contributed by atoms with Crippen molar-refractivity contribution in [2.75, 3.05) is 0 Å². The first-order chi connectivity index (χ1) is 8.75. The summed E-state index contributed by atoms with van der Waals surface area (Å²) in [6.45, 7) is 0.410. The first-order valence-electron chi connectivity index (χ1n) is 5.41. The van der Waals surface area contributed by atoms with E-state index in [0.717, 1.165) is 11.3 Å². The minimum Gasteiger partial charge on any atom is -0.258 e. The van der Waals surface area contributed by atoms with Crippen LogP contribution in [0.2, 0.25) is 0 Å². The summed E-state index contributed by atoms with van der Waals surface area (Å²) >= 11 is 0. The summed E-state index contributed by atoms with van der Waals surface area (Å²) in [4.78, 5) is 10.1. The molecule has 0 aliphatic rings. The van der Waals surface area contributed by atoms with Crippen LogP contribution >= 0.6 is 0 Å². The number of nitrogens with zero attached hydrogens (tertiary/aromatic N) is 3. The molecular formula is C13H11N3O2. The van der Waals surface area contributed by atoms with E-state index in [1.165, 1.54) is 12.1 Å². The summed E-state index contributed by atoms with van der Waals surface area (Å²) in [6, 6.07) is 15.7. The molecule has 2 rings (SSSR count). The smallest absolute Gasteiger partial charge is 0.258 e. The topological polar surface area (TPSA) is 67.9 Å². The maximum absolute atomic E-state index is 10.5. The minimum atomic E-state index is -0.421. The number of non-ortho nitro benzene ring substituents is 1. The molecule has 0 bridgehead atoms. The lowest BCUT2D eigenvalue weighted by atomic mass is 10.2. The van der Waals surface area contributed by atoms with Crippen LogP contribution in [0.1, 0.15) is 5.56 Å². The van der Waals surface area contributed by atoms with Gasteiger partial charge < -0.3 is 0 Å². The van der Waals surface area contributed by atoms with Gasteiger partial charge >= 0.3 is 0 Å². The zero-order valence-corrected chi connectivity index (χ0v) is 9.56. The maximum Gasteiger partial charge on any atom is 0.269 e. The quantitative estimate of drug-likeness (QED) is 0.463. The van der Waals surface area contributed by atoms with Crippen LogP contribution in [0.5, 0.6) is 0 Å². The summed E-state index contributed by atoms with van der Waals surface area (Å²) in [5.74, 6) is 0. The summed E-state index contributed by atoms with van der Waals surface area (Å²) < 4.78 is 0. The summed E-state index contributed by atoms with van der Waals surface area (Å²) in [6.07, 6.45) is 0. The van der Waals surface area contributed by atoms with Gasteiger partial charge in [0.25, 0.3) is 5.69 Å². The SMILES string of the molecule is O=[N+]([O-])c1ccc(CN=Nc2ccccc2)cc1. The molecule has 0 saturated heterocycles. The van der Waals surface area contributed by atoms with E-state index in [4.69, 9.17) is 0 Å². The second kappa shape index (κ2) is 5.67. The molecular weight excluding hydrogens is 230 g/mol. The molecule has 18 heavy (non-hydrogen) atoms. The highest BCUT2D eigenvalue weighted by molar-refractivity contribution is 5.35. The normalized spacial score (nSPS) is 10.7. The van der Waals surface area contributed by atoms with E-state index in [2.05, 4.69) is 10.2 Å². The Balaban J connectivity index is 1.98. The Bertz CT molecular complexity index is 550. The van der Waals surface area contributed by atoms with Crippen molar-refractivity contribution < 1.29 is 4.92 Å². The highest BCUT2D eigenvalue weighted by Gasteiger charge is 2.02. The third kappa shape index (κ3) is 3.21. The zero-order valence-electron chi connectivity index (χ0n) is 9.56. The Morgan fingerprint density at radius 1 is 1.00 bits per heavy atom. The summed E-state index contributed by atoms with van der Waals surface area (Å²) in [5, 5.41) is 18.6. The van der Waals surface area contributed by atoms with E-state index in [9.17, 15) is 10.1 Å². The molecule has 2 aromatic carbocycles. The fraction of sp³-hybridized carbons (Fsp3) is 0.0769. The molecule has 0 aromatic heterocycles. The second-order valence-corrected chi connectivity index (χ2v) is 3.66. The molecule has 0 saturated carbocycles. The minimum absolute atomic E-state index is 0.0822. The van der Waals surface area contributed by atoms with Gasteiger partial charge in [0.05, 0.1) is 17.2 Å². The van der Waals surface area contributed by atoms with Crippen LogP contribution in [0, 0.1) is 10.1 Å². The lowest BCUT2D eigenvalue weighted by molar-refractivity contribution is -0.384. The van der Waals surface area contributed by atoms with E-state index in [1.54, 1.807) is 12.1 Å². The number of nitro groups is 1. The Kier molecular flexibility index (Phi) is 3.76. The number of rotatable bonds is 4. The predicted molar refractivity (Wildman–Crippen MR) is 67.8 cm³/mol. The molecule has 0 radical (unpaired) electrons. The van der Waals surface area contributed by atoms with Crippen LogP contribution in [0.4, 0.5) is 11.4 Å². The Morgan fingerprint density at radius 2 is 1.67 bits per heavy atom. The Hall–Kier alpha value is -2.56. The largest absolute Gasteiger partial charge is 0.269 e. The average Bonchev–Trinajstić information content (AvgIpc) is 2.40. The molecule has 0 spiro atoms. The third-order valence-electron chi connectivity index (χ3n) is 2.34. The van der Waals surface area contributed by atoms with Gasteiger partial charge in [0, 0.05) is 12.1 Å². The first kappa shape index (κ1) is 11.9. The van der Waals surface area contributed by atoms with Crippen LogP contribution < -0.4 is 0 Å². The standard InChI is InChI=1S/C13H11N3O2/c17-16(18)13-8-6-11(7-9-13)10-14-15-12-4-2-1-3-5-12/h1-9H,10H2. The molecule has 2 aromatic rings. The number of hydrogen-bond donors (Lipinski definition) is 0. The van der Waals surface area contributed by atoms with E-state index >= 15 is 0 Å². The number of hydrogen-bond acceptors (Lipinski definition) is 4. The van der Waals surface area contributed by atoms with E-state index in [1.807, 2.05) is 30.3 Å². The van der Waals surface area contributed by atoms with Gasteiger partial charge in [-0.1, -0.05) is 30.3 Å². The monoisotopic (exact) mass is 241 g/mol. The first-order valence-corrected chi connectivity index (χ1v) is 5.41. The number of benzene rings is 2. The molecule has 0 amide bonds. The van der Waals surface area contributed by atoms with Crippen LogP contribution in [-0.2, 0) is 6.54 Å². The van der Waals surface area contributed by atoms with Crippen molar-refractivity contribution in [1.29, 1.82) is 0 Å². The van der Waals surface area contributed by atoms with Crippen molar-refractivity contribution in [1.82, 2.24) is 0 Å². The lowest BCUT2D eigenvalue weighted by Gasteiger charge is -1.95. The third-order valence-corrected chi connectivity index (χ3v) is 2.34. The van der Waals surface area contributed by atoms with Crippen molar-refractivity contribution in [2.24, 2.45) is 10.2 Å². The summed E-state index contributed by atoms with van der Waals surface area (Å²) in [7, 11) is 0. The molecule has 0 atom stereocenters. The number of azo groups is 1. The van der Waals surface area contributed by atoms with Crippen LogP contribution in [0.3, 0.4) is 0 Å². The van der Waals surface area contributed by atoms with Crippen molar-refractivity contribution >= 4 is 11.4 Å². The van der Waals surface area contributed by atoms with Gasteiger partial charge in [0.1, 0.15) is 0 Å². The van der Waals surface area contributed by atoms with Gasteiger partial charge in [0.2, 0.25) is 0 Å². The fourth-order valence-corrected chi connectivity index (χ4v) is 1.42. The Morgan fingerprint density at radius 3 is 2.28 bits per heavy atom. The Labute approximate surface area is 104 Å². The fourth-order valence-electron chi connectivity index (χ4n) is 1.42. The molecule has 0 N–H and O–H groups in total. The van der Waals surface area contributed by atoms with Crippen LogP contribution in [0.25, 0.3) is 0 Å². The molecule has 0 unspecified atom stereocenters. The van der Waals surface area contributed by atoms with Crippen molar-refractivity contribution in [3.63, 3.8) is 0 Å². The zero-order chi connectivity index (χ0) is 12.8. The van der Waals surface area contributed by atoms with Crippen LogP contribution in [0.15, 0.2) is 64.8 Å². The van der Waals surface area contributed by atoms with Gasteiger partial charge in [-0.05, 0) is 17.7 Å². The average molecular weight is 241 g/mol. The molecule has 0 aliphatic carbocycles. The molecule has 5 heteroatoms. The highest BCUT2D eigenvalue weighted by Crippen LogP contribution is 2.14. The van der Waals surface area contributed by atoms with E-state index in [-0.39, 0.29) is 5.69 Å². The number of nitro benzene ring substituents is 1. The maximum atomic E-state index is 10.5. The molecule has 5 nitrogen and oxygen atoms in total. The van der Waals surface area contributed by atoms with Crippen LogP contribution in [-0.4, -0.2) is 4.92 Å². The molecule has 0 fully saturated rings. The van der Waals surface area contributed by atoms with Gasteiger partial charge in [-0.25, -0.2) is 0 Å². The van der Waals surface area contributed by atoms with Crippen molar-refractivity contribution in [3.05, 3.63) is 70.3 Å². The lowest BCUT2D eigenvalue weighted by Crippen LogP contribution is -1.88. The van der Waals surface area contributed by atoms with Gasteiger partial charge in [0.15, 0.2) is 0 Å². The summed E-state index contributed by atoms with van der Waals surface area (Å²) in [5.41, 5.74) is 1.76. The molecule has 90 valence electrons. The van der Waals surface area contributed by atoms with Crippen molar-refractivity contribution in [2.45, 2.75) is 6.54 Å². The van der Waals surface area contributed by atoms with Gasteiger partial charge in [-0.2, -0.15) is 10.2 Å². The van der Waals surface area contributed by atoms with Gasteiger partial charge in [-0.15, -0.1) is 0 Å². The van der Waals surface area contributed by atoms with Crippen molar-refractivity contribution in [3.8, 4) is 0 Å². The van der Waals surface area contributed by atoms with E-state index in [0.29, 0.717) is 6.54 Å². The highest BCUT2D eigenvalue weighted by atomic mass is 16.6. The molecule has 0 aliphatic heterocycles. The van der Waals surface area contributed by atoms with Gasteiger partial charge in [-0.3, -0.25) is 10.1 Å². The molecule has 0 heterocycles. The predicted octanol–water partition coefficient (Wildman–Crippen LogP) is 3.88. The van der Waals surface area contributed by atoms with E-state index < -0.39 is 4.92 Å².